The Balaban J connectivity index is 1.73. The topological polar surface area (TPSA) is 71.1 Å². The van der Waals surface area contributed by atoms with Crippen LogP contribution in [0.2, 0.25) is 5.02 Å². The highest BCUT2D eigenvalue weighted by Crippen LogP contribution is 2.14. The first-order valence-electron chi connectivity index (χ1n) is 7.26. The summed E-state index contributed by atoms with van der Waals surface area (Å²) in [6.45, 7) is 2.51. The molecule has 5 nitrogen and oxygen atoms in total. The van der Waals surface area contributed by atoms with Crippen molar-refractivity contribution in [2.45, 2.75) is 19.9 Å². The van der Waals surface area contributed by atoms with Crippen molar-refractivity contribution in [3.8, 4) is 0 Å². The van der Waals surface area contributed by atoms with E-state index in [0.29, 0.717) is 17.1 Å². The second-order valence-electron chi connectivity index (χ2n) is 5.12. The van der Waals surface area contributed by atoms with Gasteiger partial charge in [0.05, 0.1) is 12.2 Å². The molecule has 0 saturated carbocycles. The number of nitrogens with zero attached hydrogens (tertiary/aromatic N) is 1. The largest absolute Gasteiger partial charge is 0.352 e. The molecule has 0 spiro atoms. The fraction of sp³-hybridized carbons (Fsp3) is 0.235. The average Bonchev–Trinajstić information content (AvgIpc) is 2.53. The molecular formula is C17H18ClN3O2. The minimum atomic E-state index is -0.242. The molecule has 2 aromatic rings. The van der Waals surface area contributed by atoms with Gasteiger partial charge in [-0.3, -0.25) is 14.6 Å². The highest BCUT2D eigenvalue weighted by molar-refractivity contribution is 6.31. The molecule has 0 aliphatic heterocycles. The number of hydrogen-bond acceptors (Lipinski definition) is 3. The average molecular weight is 332 g/mol. The highest BCUT2D eigenvalue weighted by Gasteiger charge is 2.08. The molecule has 0 unspecified atom stereocenters. The summed E-state index contributed by atoms with van der Waals surface area (Å²) < 4.78 is 0. The molecule has 2 amide bonds. The normalized spacial score (nSPS) is 10.2. The molecule has 0 atom stereocenters. The van der Waals surface area contributed by atoms with Gasteiger partial charge in [-0.2, -0.15) is 0 Å². The van der Waals surface area contributed by atoms with Crippen LogP contribution in [0.1, 0.15) is 28.0 Å². The first-order chi connectivity index (χ1) is 11.0. The van der Waals surface area contributed by atoms with Crippen LogP contribution in [0.3, 0.4) is 0 Å². The van der Waals surface area contributed by atoms with Gasteiger partial charge >= 0.3 is 0 Å². The van der Waals surface area contributed by atoms with Crippen molar-refractivity contribution < 1.29 is 9.59 Å². The fourth-order valence-corrected chi connectivity index (χ4v) is 2.33. The Morgan fingerprint density at radius 1 is 1.17 bits per heavy atom. The zero-order valence-corrected chi connectivity index (χ0v) is 13.6. The van der Waals surface area contributed by atoms with Gasteiger partial charge < -0.3 is 10.6 Å². The lowest BCUT2D eigenvalue weighted by Crippen LogP contribution is -2.30. The Bertz CT molecular complexity index is 669. The predicted molar refractivity (Wildman–Crippen MR) is 89.2 cm³/mol. The third kappa shape index (κ3) is 5.71. The van der Waals surface area contributed by atoms with Crippen LogP contribution in [0.25, 0.3) is 0 Å². The Morgan fingerprint density at radius 2 is 2.00 bits per heavy atom. The minimum Gasteiger partial charge on any atom is -0.352 e. The van der Waals surface area contributed by atoms with Gasteiger partial charge in [0.2, 0.25) is 5.91 Å². The number of carbonyl (C=O) groups is 2. The predicted octanol–water partition coefficient (Wildman–Crippen LogP) is 2.48. The van der Waals surface area contributed by atoms with E-state index in [0.717, 1.165) is 11.3 Å². The number of nitrogens with one attached hydrogen (secondary N) is 2. The Morgan fingerprint density at radius 3 is 2.70 bits per heavy atom. The van der Waals surface area contributed by atoms with Crippen LogP contribution in [0.5, 0.6) is 0 Å². The molecular weight excluding hydrogens is 314 g/mol. The number of pyridine rings is 1. The van der Waals surface area contributed by atoms with E-state index in [9.17, 15) is 9.59 Å². The van der Waals surface area contributed by atoms with Gasteiger partial charge in [-0.1, -0.05) is 17.7 Å². The number of rotatable bonds is 6. The lowest BCUT2D eigenvalue weighted by molar-refractivity contribution is -0.121. The van der Waals surface area contributed by atoms with E-state index in [1.807, 2.05) is 25.1 Å². The van der Waals surface area contributed by atoms with Crippen LogP contribution in [-0.2, 0) is 11.3 Å². The monoisotopic (exact) mass is 331 g/mol. The summed E-state index contributed by atoms with van der Waals surface area (Å²) in [5, 5.41) is 5.98. The summed E-state index contributed by atoms with van der Waals surface area (Å²) in [6.07, 6.45) is 1.88. The summed E-state index contributed by atoms with van der Waals surface area (Å²) in [7, 11) is 0. The van der Waals surface area contributed by atoms with Gasteiger partial charge in [-0.15, -0.1) is 0 Å². The molecule has 0 bridgehead atoms. The first kappa shape index (κ1) is 17.0. The molecule has 1 aromatic heterocycles. The third-order valence-electron chi connectivity index (χ3n) is 3.13. The molecule has 2 N–H and O–H groups in total. The minimum absolute atomic E-state index is 0.141. The van der Waals surface area contributed by atoms with Crippen molar-refractivity contribution in [1.29, 1.82) is 0 Å². The van der Waals surface area contributed by atoms with Crippen molar-refractivity contribution in [3.63, 3.8) is 0 Å². The van der Waals surface area contributed by atoms with Crippen LogP contribution in [0.4, 0.5) is 0 Å². The number of carbonyl (C=O) groups excluding carboxylic acids is 2. The smallest absolute Gasteiger partial charge is 0.251 e. The Hall–Kier alpha value is -2.40. The van der Waals surface area contributed by atoms with E-state index in [1.165, 1.54) is 0 Å². The summed E-state index contributed by atoms with van der Waals surface area (Å²) in [5.74, 6) is -0.383. The molecule has 6 heteroatoms. The molecule has 120 valence electrons. The van der Waals surface area contributed by atoms with Crippen LogP contribution < -0.4 is 10.6 Å². The van der Waals surface area contributed by atoms with E-state index in [2.05, 4.69) is 15.6 Å². The summed E-state index contributed by atoms with van der Waals surface area (Å²) in [4.78, 5) is 27.8. The van der Waals surface area contributed by atoms with Crippen molar-refractivity contribution in [1.82, 2.24) is 15.6 Å². The van der Waals surface area contributed by atoms with Crippen LogP contribution >= 0.6 is 11.6 Å². The summed E-state index contributed by atoms with van der Waals surface area (Å²) in [5.41, 5.74) is 2.19. The third-order valence-corrected chi connectivity index (χ3v) is 3.35. The number of aryl methyl sites for hydroxylation is 1. The molecule has 23 heavy (non-hydrogen) atoms. The summed E-state index contributed by atoms with van der Waals surface area (Å²) >= 11 is 5.93. The van der Waals surface area contributed by atoms with E-state index < -0.39 is 0 Å². The number of aromatic nitrogens is 1. The Labute approximate surface area is 140 Å². The van der Waals surface area contributed by atoms with Gasteiger partial charge in [0.25, 0.3) is 5.91 Å². The van der Waals surface area contributed by atoms with Crippen molar-refractivity contribution in [3.05, 3.63) is 64.4 Å². The van der Waals surface area contributed by atoms with Gasteiger partial charge in [-0.05, 0) is 42.8 Å². The lowest BCUT2D eigenvalue weighted by Gasteiger charge is -2.07. The first-order valence-corrected chi connectivity index (χ1v) is 7.64. The van der Waals surface area contributed by atoms with E-state index >= 15 is 0 Å². The van der Waals surface area contributed by atoms with Crippen LogP contribution in [0, 0.1) is 6.92 Å². The van der Waals surface area contributed by atoms with Gasteiger partial charge in [0.15, 0.2) is 0 Å². The maximum absolute atomic E-state index is 12.0. The quantitative estimate of drug-likeness (QED) is 0.854. The van der Waals surface area contributed by atoms with Crippen LogP contribution in [0.15, 0.2) is 42.6 Å². The van der Waals surface area contributed by atoms with Gasteiger partial charge in [-0.25, -0.2) is 0 Å². The van der Waals surface area contributed by atoms with Gasteiger partial charge in [0, 0.05) is 29.7 Å². The standard InChI is InChI=1S/C17H18ClN3O2/c1-12-8-13(10-14(18)9-12)17(23)20-7-5-16(22)21-11-15-4-2-3-6-19-15/h2-4,6,8-10H,5,7,11H2,1H3,(H,20,23)(H,21,22). The highest BCUT2D eigenvalue weighted by atomic mass is 35.5. The van der Waals surface area contributed by atoms with E-state index in [1.54, 1.807) is 24.4 Å². The second kappa shape index (κ2) is 8.29. The molecule has 0 radical (unpaired) electrons. The molecule has 0 saturated heterocycles. The lowest BCUT2D eigenvalue weighted by atomic mass is 10.1. The van der Waals surface area contributed by atoms with E-state index in [4.69, 9.17) is 11.6 Å². The number of hydrogen-bond donors (Lipinski definition) is 2. The molecule has 1 heterocycles. The van der Waals surface area contributed by atoms with Crippen molar-refractivity contribution in [2.24, 2.45) is 0 Å². The second-order valence-corrected chi connectivity index (χ2v) is 5.56. The fourth-order valence-electron chi connectivity index (χ4n) is 2.04. The molecule has 0 fully saturated rings. The SMILES string of the molecule is Cc1cc(Cl)cc(C(=O)NCCC(=O)NCc2ccccn2)c1. The maximum atomic E-state index is 12.0. The number of halogens is 1. The van der Waals surface area contributed by atoms with Crippen molar-refractivity contribution >= 4 is 23.4 Å². The van der Waals surface area contributed by atoms with Gasteiger partial charge in [0.1, 0.15) is 0 Å². The maximum Gasteiger partial charge on any atom is 0.251 e. The Kier molecular flexibility index (Phi) is 6.11. The van der Waals surface area contributed by atoms with Crippen molar-refractivity contribution in [2.75, 3.05) is 6.54 Å². The molecule has 2 rings (SSSR count). The van der Waals surface area contributed by atoms with Crippen LogP contribution in [-0.4, -0.2) is 23.3 Å². The number of benzene rings is 1. The van der Waals surface area contributed by atoms with E-state index in [-0.39, 0.29) is 24.8 Å². The zero-order chi connectivity index (χ0) is 16.7. The molecule has 1 aromatic carbocycles. The molecule has 0 aliphatic rings. The zero-order valence-electron chi connectivity index (χ0n) is 12.8. The summed E-state index contributed by atoms with van der Waals surface area (Å²) in [6, 6.07) is 10.7. The molecule has 0 aliphatic carbocycles. The number of amides is 2.